The monoisotopic (exact) mass is 283 g/mol. The maximum atomic E-state index is 12.4. The normalized spacial score (nSPS) is 20.0. The Balaban J connectivity index is 2.22. The number of nitrogens with zero attached hydrogens (tertiary/aromatic N) is 3. The molecule has 0 bridgehead atoms. The molecule has 1 unspecified atom stereocenters. The molecule has 1 aromatic rings. The van der Waals surface area contributed by atoms with E-state index in [0.29, 0.717) is 17.6 Å². The molecule has 0 N–H and O–H groups in total. The van der Waals surface area contributed by atoms with Gasteiger partial charge < -0.3 is 9.47 Å². The minimum absolute atomic E-state index is 0.0176. The van der Waals surface area contributed by atoms with Gasteiger partial charge in [-0.1, -0.05) is 0 Å². The highest BCUT2D eigenvalue weighted by molar-refractivity contribution is 6.17. The number of halogens is 1. The number of piperidine rings is 1. The second kappa shape index (κ2) is 6.42. The first kappa shape index (κ1) is 14.4. The zero-order chi connectivity index (χ0) is 13.8. The van der Waals surface area contributed by atoms with Crippen molar-refractivity contribution in [1.82, 2.24) is 9.55 Å². The summed E-state index contributed by atoms with van der Waals surface area (Å²) in [6.45, 7) is 5.84. The van der Waals surface area contributed by atoms with Gasteiger partial charge in [0.25, 0.3) is 5.56 Å². The van der Waals surface area contributed by atoms with Crippen molar-refractivity contribution in [2.45, 2.75) is 39.2 Å². The molecule has 1 fully saturated rings. The minimum atomic E-state index is 0.0176. The molecular formula is C14H22ClN3O. The van der Waals surface area contributed by atoms with E-state index in [1.807, 2.05) is 13.8 Å². The molecule has 1 aliphatic rings. The van der Waals surface area contributed by atoms with Crippen molar-refractivity contribution in [1.29, 1.82) is 0 Å². The molecule has 4 nitrogen and oxygen atoms in total. The lowest BCUT2D eigenvalue weighted by atomic mass is 9.96. The van der Waals surface area contributed by atoms with E-state index in [4.69, 9.17) is 11.6 Å². The second-order valence-corrected chi connectivity index (χ2v) is 5.87. The van der Waals surface area contributed by atoms with Gasteiger partial charge in [0.05, 0.1) is 0 Å². The largest absolute Gasteiger partial charge is 0.352 e. The summed E-state index contributed by atoms with van der Waals surface area (Å²) in [4.78, 5) is 18.8. The van der Waals surface area contributed by atoms with Crippen LogP contribution in [0.5, 0.6) is 0 Å². The zero-order valence-corrected chi connectivity index (χ0v) is 12.4. The van der Waals surface area contributed by atoms with Gasteiger partial charge in [0.15, 0.2) is 5.82 Å². The van der Waals surface area contributed by atoms with Crippen LogP contribution in [0.2, 0.25) is 0 Å². The van der Waals surface area contributed by atoms with Crippen LogP contribution in [0.4, 0.5) is 5.82 Å². The fraction of sp³-hybridized carbons (Fsp3) is 0.714. The average Bonchev–Trinajstić information content (AvgIpc) is 2.39. The number of hydrogen-bond donors (Lipinski definition) is 0. The summed E-state index contributed by atoms with van der Waals surface area (Å²) in [7, 11) is 0. The predicted octanol–water partition coefficient (Wildman–Crippen LogP) is 2.67. The van der Waals surface area contributed by atoms with Gasteiger partial charge in [0.1, 0.15) is 0 Å². The topological polar surface area (TPSA) is 38.1 Å². The molecule has 1 aromatic heterocycles. The molecule has 2 rings (SSSR count). The van der Waals surface area contributed by atoms with Crippen LogP contribution in [0.25, 0.3) is 0 Å². The van der Waals surface area contributed by atoms with E-state index in [1.54, 1.807) is 17.0 Å². The molecule has 1 saturated heterocycles. The summed E-state index contributed by atoms with van der Waals surface area (Å²) in [5.74, 6) is 1.87. The molecule has 0 spiro atoms. The van der Waals surface area contributed by atoms with Gasteiger partial charge in [-0.3, -0.25) is 4.79 Å². The molecular weight excluding hydrogens is 262 g/mol. The summed E-state index contributed by atoms with van der Waals surface area (Å²) in [5.41, 5.74) is 0.0176. The minimum Gasteiger partial charge on any atom is -0.352 e. The third-order valence-electron chi connectivity index (χ3n) is 3.74. The Morgan fingerprint density at radius 2 is 2.32 bits per heavy atom. The van der Waals surface area contributed by atoms with Crippen molar-refractivity contribution < 1.29 is 0 Å². The highest BCUT2D eigenvalue weighted by Gasteiger charge is 2.23. The van der Waals surface area contributed by atoms with Crippen LogP contribution in [0.1, 0.15) is 39.2 Å². The SMILES string of the molecule is CC(C)n1ccnc(N2CCCC(CCCl)C2)c1=O. The summed E-state index contributed by atoms with van der Waals surface area (Å²) >= 11 is 5.83. The van der Waals surface area contributed by atoms with Crippen LogP contribution in [-0.2, 0) is 0 Å². The van der Waals surface area contributed by atoms with Gasteiger partial charge >= 0.3 is 0 Å². The lowest BCUT2D eigenvalue weighted by Gasteiger charge is -2.33. The van der Waals surface area contributed by atoms with E-state index < -0.39 is 0 Å². The number of anilines is 1. The highest BCUT2D eigenvalue weighted by Crippen LogP contribution is 2.22. The van der Waals surface area contributed by atoms with Gasteiger partial charge in [-0.25, -0.2) is 4.98 Å². The maximum Gasteiger partial charge on any atom is 0.293 e. The maximum absolute atomic E-state index is 12.4. The van der Waals surface area contributed by atoms with Gasteiger partial charge in [-0.05, 0) is 39.0 Å². The fourth-order valence-corrected chi connectivity index (χ4v) is 2.99. The summed E-state index contributed by atoms with van der Waals surface area (Å²) < 4.78 is 1.74. The Hall–Kier alpha value is -1.03. The molecule has 0 radical (unpaired) electrons. The first-order chi connectivity index (χ1) is 9.13. The fourth-order valence-electron chi connectivity index (χ4n) is 2.69. The Kier molecular flexibility index (Phi) is 4.86. The van der Waals surface area contributed by atoms with E-state index in [9.17, 15) is 4.79 Å². The van der Waals surface area contributed by atoms with Crippen molar-refractivity contribution in [2.75, 3.05) is 23.9 Å². The van der Waals surface area contributed by atoms with Crippen LogP contribution in [-0.4, -0.2) is 28.5 Å². The number of aromatic nitrogens is 2. The quantitative estimate of drug-likeness (QED) is 0.798. The number of rotatable bonds is 4. The third-order valence-corrected chi connectivity index (χ3v) is 3.96. The Morgan fingerprint density at radius 3 is 3.00 bits per heavy atom. The molecule has 0 saturated carbocycles. The second-order valence-electron chi connectivity index (χ2n) is 5.49. The number of hydrogen-bond acceptors (Lipinski definition) is 3. The van der Waals surface area contributed by atoms with Crippen molar-refractivity contribution >= 4 is 17.4 Å². The van der Waals surface area contributed by atoms with E-state index in [0.717, 1.165) is 25.9 Å². The summed E-state index contributed by atoms with van der Waals surface area (Å²) in [6.07, 6.45) is 6.82. The Morgan fingerprint density at radius 1 is 1.53 bits per heavy atom. The van der Waals surface area contributed by atoms with Crippen LogP contribution < -0.4 is 10.5 Å². The lowest BCUT2D eigenvalue weighted by Crippen LogP contribution is -2.40. The molecule has 0 aromatic carbocycles. The van der Waals surface area contributed by atoms with E-state index in [2.05, 4.69) is 9.88 Å². The van der Waals surface area contributed by atoms with E-state index in [1.165, 1.54) is 6.42 Å². The highest BCUT2D eigenvalue weighted by atomic mass is 35.5. The van der Waals surface area contributed by atoms with Crippen molar-refractivity contribution in [2.24, 2.45) is 5.92 Å². The average molecular weight is 284 g/mol. The predicted molar refractivity (Wildman–Crippen MR) is 79.2 cm³/mol. The molecule has 19 heavy (non-hydrogen) atoms. The molecule has 106 valence electrons. The van der Waals surface area contributed by atoms with Gasteiger partial charge in [-0.2, -0.15) is 0 Å². The zero-order valence-electron chi connectivity index (χ0n) is 11.7. The van der Waals surface area contributed by atoms with Crippen LogP contribution >= 0.6 is 11.6 Å². The lowest BCUT2D eigenvalue weighted by molar-refractivity contribution is 0.402. The van der Waals surface area contributed by atoms with Gasteiger partial charge in [-0.15, -0.1) is 11.6 Å². The first-order valence-electron chi connectivity index (χ1n) is 7.01. The summed E-state index contributed by atoms with van der Waals surface area (Å²) in [6, 6.07) is 0.165. The Labute approximate surface area is 119 Å². The van der Waals surface area contributed by atoms with Gasteiger partial charge in [0.2, 0.25) is 0 Å². The van der Waals surface area contributed by atoms with E-state index >= 15 is 0 Å². The molecule has 1 aliphatic heterocycles. The molecule has 0 aliphatic carbocycles. The van der Waals surface area contributed by atoms with Gasteiger partial charge in [0, 0.05) is 37.4 Å². The van der Waals surface area contributed by atoms with Crippen LogP contribution in [0.15, 0.2) is 17.2 Å². The molecule has 0 amide bonds. The van der Waals surface area contributed by atoms with Crippen molar-refractivity contribution in [3.05, 3.63) is 22.7 Å². The van der Waals surface area contributed by atoms with Crippen molar-refractivity contribution in [3.8, 4) is 0 Å². The van der Waals surface area contributed by atoms with Crippen LogP contribution in [0.3, 0.4) is 0 Å². The summed E-state index contributed by atoms with van der Waals surface area (Å²) in [5, 5.41) is 0. The standard InChI is InChI=1S/C14H22ClN3O/c1-11(2)18-9-7-16-13(14(18)19)17-8-3-4-12(10-17)5-6-15/h7,9,11-12H,3-6,8,10H2,1-2H3. The Bertz CT molecular complexity index is 470. The van der Waals surface area contributed by atoms with Crippen LogP contribution in [0, 0.1) is 5.92 Å². The first-order valence-corrected chi connectivity index (χ1v) is 7.55. The third kappa shape index (κ3) is 3.30. The molecule has 1 atom stereocenters. The molecule has 2 heterocycles. The van der Waals surface area contributed by atoms with Crippen molar-refractivity contribution in [3.63, 3.8) is 0 Å². The van der Waals surface area contributed by atoms with E-state index in [-0.39, 0.29) is 11.6 Å². The molecule has 5 heteroatoms. The number of alkyl halides is 1. The smallest absolute Gasteiger partial charge is 0.293 e.